The summed E-state index contributed by atoms with van der Waals surface area (Å²) < 4.78 is 2.13. The van der Waals surface area contributed by atoms with Crippen LogP contribution < -0.4 is 5.32 Å². The van der Waals surface area contributed by atoms with Crippen molar-refractivity contribution in [1.82, 2.24) is 15.1 Å². The lowest BCUT2D eigenvalue weighted by molar-refractivity contribution is 0.666. The van der Waals surface area contributed by atoms with Crippen LogP contribution in [0.2, 0.25) is 0 Å². The smallest absolute Gasteiger partial charge is 0.0674 e. The highest BCUT2D eigenvalue weighted by Crippen LogP contribution is 2.20. The number of hydrogen-bond donors (Lipinski definition) is 1. The van der Waals surface area contributed by atoms with Crippen molar-refractivity contribution in [3.63, 3.8) is 0 Å². The van der Waals surface area contributed by atoms with Gasteiger partial charge in [0, 0.05) is 17.8 Å². The summed E-state index contributed by atoms with van der Waals surface area (Å²) in [5.74, 6) is 0. The van der Waals surface area contributed by atoms with Crippen molar-refractivity contribution < 1.29 is 0 Å². The van der Waals surface area contributed by atoms with Gasteiger partial charge in [-0.15, -0.1) is 0 Å². The van der Waals surface area contributed by atoms with Crippen LogP contribution in [0.25, 0.3) is 5.69 Å². The number of rotatable bonds is 7. The molecule has 0 atom stereocenters. The third kappa shape index (κ3) is 3.53. The fraction of sp³-hybridized carbons (Fsp3) is 0.500. The lowest BCUT2D eigenvalue weighted by Gasteiger charge is -2.09. The lowest BCUT2D eigenvalue weighted by Crippen LogP contribution is -2.16. The summed E-state index contributed by atoms with van der Waals surface area (Å²) in [5, 5.41) is 8.38. The van der Waals surface area contributed by atoms with Gasteiger partial charge in [0.2, 0.25) is 0 Å². The second kappa shape index (κ2) is 7.41. The predicted octanol–water partition coefficient (Wildman–Crippen LogP) is 3.81. The summed E-state index contributed by atoms with van der Waals surface area (Å²) in [4.78, 5) is 0. The molecule has 2 rings (SSSR count). The molecule has 114 valence electrons. The van der Waals surface area contributed by atoms with Gasteiger partial charge >= 0.3 is 0 Å². The van der Waals surface area contributed by atoms with E-state index >= 15 is 0 Å². The van der Waals surface area contributed by atoms with E-state index in [1.165, 1.54) is 22.5 Å². The molecule has 1 aromatic carbocycles. The fourth-order valence-electron chi connectivity index (χ4n) is 2.68. The standard InChI is InChI=1S/C18H27N3/c1-5-12-19-13-16-17(6-2)20-21(18(16)7-3)15-10-8-14(4)9-11-15/h8-11,19H,5-7,12-13H2,1-4H3. The predicted molar refractivity (Wildman–Crippen MR) is 89.1 cm³/mol. The SMILES string of the molecule is CCCNCc1c(CC)nn(-c2ccc(C)cc2)c1CC. The summed E-state index contributed by atoms with van der Waals surface area (Å²) in [7, 11) is 0. The van der Waals surface area contributed by atoms with Gasteiger partial charge < -0.3 is 5.32 Å². The monoisotopic (exact) mass is 285 g/mol. The van der Waals surface area contributed by atoms with Crippen LogP contribution in [0.1, 0.15) is 49.7 Å². The van der Waals surface area contributed by atoms with Crippen molar-refractivity contribution in [2.45, 2.75) is 53.5 Å². The van der Waals surface area contributed by atoms with Crippen molar-refractivity contribution >= 4 is 0 Å². The summed E-state index contributed by atoms with van der Waals surface area (Å²) in [5.41, 5.74) is 6.38. The molecule has 3 heteroatoms. The van der Waals surface area contributed by atoms with Gasteiger partial charge in [-0.25, -0.2) is 4.68 Å². The third-order valence-electron chi connectivity index (χ3n) is 3.85. The average Bonchev–Trinajstić information content (AvgIpc) is 2.86. The molecule has 0 amide bonds. The van der Waals surface area contributed by atoms with Gasteiger partial charge in [-0.05, 0) is 44.9 Å². The highest BCUT2D eigenvalue weighted by atomic mass is 15.3. The van der Waals surface area contributed by atoms with Crippen LogP contribution in [-0.4, -0.2) is 16.3 Å². The first-order valence-corrected chi connectivity index (χ1v) is 8.08. The Morgan fingerprint density at radius 2 is 1.76 bits per heavy atom. The zero-order valence-corrected chi connectivity index (χ0v) is 13.7. The summed E-state index contributed by atoms with van der Waals surface area (Å²) in [6.45, 7) is 10.7. The maximum absolute atomic E-state index is 4.85. The van der Waals surface area contributed by atoms with Gasteiger partial charge in [-0.1, -0.05) is 38.5 Å². The first-order valence-electron chi connectivity index (χ1n) is 8.08. The van der Waals surface area contributed by atoms with Crippen molar-refractivity contribution in [3.05, 3.63) is 46.8 Å². The van der Waals surface area contributed by atoms with Gasteiger partial charge in [0.05, 0.1) is 11.4 Å². The van der Waals surface area contributed by atoms with Crippen LogP contribution in [-0.2, 0) is 19.4 Å². The zero-order chi connectivity index (χ0) is 15.2. The van der Waals surface area contributed by atoms with Gasteiger partial charge in [0.15, 0.2) is 0 Å². The molecule has 0 saturated heterocycles. The zero-order valence-electron chi connectivity index (χ0n) is 13.7. The Hall–Kier alpha value is -1.61. The first-order chi connectivity index (χ1) is 10.2. The minimum Gasteiger partial charge on any atom is -0.313 e. The third-order valence-corrected chi connectivity index (χ3v) is 3.85. The maximum Gasteiger partial charge on any atom is 0.0674 e. The molecule has 0 spiro atoms. The topological polar surface area (TPSA) is 29.9 Å². The van der Waals surface area contributed by atoms with E-state index in [0.717, 1.165) is 38.0 Å². The Morgan fingerprint density at radius 3 is 2.33 bits per heavy atom. The van der Waals surface area contributed by atoms with E-state index in [1.54, 1.807) is 0 Å². The Kier molecular flexibility index (Phi) is 5.57. The van der Waals surface area contributed by atoms with E-state index < -0.39 is 0 Å². The van der Waals surface area contributed by atoms with E-state index in [1.807, 2.05) is 0 Å². The number of nitrogens with one attached hydrogen (secondary N) is 1. The number of aromatic nitrogens is 2. The molecule has 0 aliphatic carbocycles. The molecular weight excluding hydrogens is 258 g/mol. The Bertz CT molecular complexity index is 567. The fourth-order valence-corrected chi connectivity index (χ4v) is 2.68. The molecule has 3 nitrogen and oxygen atoms in total. The van der Waals surface area contributed by atoms with Crippen LogP contribution in [0.3, 0.4) is 0 Å². The molecule has 0 bridgehead atoms. The number of hydrogen-bond acceptors (Lipinski definition) is 2. The highest BCUT2D eigenvalue weighted by molar-refractivity contribution is 5.39. The van der Waals surface area contributed by atoms with Crippen molar-refractivity contribution in [1.29, 1.82) is 0 Å². The number of nitrogens with zero attached hydrogens (tertiary/aromatic N) is 2. The molecule has 1 N–H and O–H groups in total. The Morgan fingerprint density at radius 1 is 1.05 bits per heavy atom. The largest absolute Gasteiger partial charge is 0.313 e. The van der Waals surface area contributed by atoms with Gasteiger partial charge in [-0.3, -0.25) is 0 Å². The van der Waals surface area contributed by atoms with Crippen molar-refractivity contribution in [2.75, 3.05) is 6.54 Å². The Labute approximate surface area is 128 Å². The molecule has 0 radical (unpaired) electrons. The summed E-state index contributed by atoms with van der Waals surface area (Å²) >= 11 is 0. The molecule has 1 aromatic heterocycles. The van der Waals surface area contributed by atoms with Gasteiger partial charge in [0.1, 0.15) is 0 Å². The molecule has 0 saturated carbocycles. The highest BCUT2D eigenvalue weighted by Gasteiger charge is 2.15. The molecule has 21 heavy (non-hydrogen) atoms. The van der Waals surface area contributed by atoms with Crippen molar-refractivity contribution in [2.24, 2.45) is 0 Å². The number of aryl methyl sites for hydroxylation is 2. The van der Waals surface area contributed by atoms with Gasteiger partial charge in [0.25, 0.3) is 0 Å². The minimum absolute atomic E-state index is 0.923. The van der Waals surface area contributed by atoms with Crippen LogP contribution in [0.4, 0.5) is 0 Å². The van der Waals surface area contributed by atoms with E-state index in [-0.39, 0.29) is 0 Å². The van der Waals surface area contributed by atoms with Crippen LogP contribution in [0.5, 0.6) is 0 Å². The molecule has 0 aliphatic rings. The molecular formula is C18H27N3. The van der Waals surface area contributed by atoms with E-state index in [0.29, 0.717) is 0 Å². The van der Waals surface area contributed by atoms with E-state index in [4.69, 9.17) is 5.10 Å². The van der Waals surface area contributed by atoms with E-state index in [9.17, 15) is 0 Å². The molecule has 1 heterocycles. The van der Waals surface area contributed by atoms with Crippen LogP contribution in [0.15, 0.2) is 24.3 Å². The van der Waals surface area contributed by atoms with Gasteiger partial charge in [-0.2, -0.15) is 5.10 Å². The second-order valence-electron chi connectivity index (χ2n) is 5.50. The normalized spacial score (nSPS) is 11.0. The maximum atomic E-state index is 4.85. The average molecular weight is 285 g/mol. The van der Waals surface area contributed by atoms with E-state index in [2.05, 4.69) is 62.0 Å². The lowest BCUT2D eigenvalue weighted by atomic mass is 10.1. The molecule has 0 aliphatic heterocycles. The quantitative estimate of drug-likeness (QED) is 0.784. The second-order valence-corrected chi connectivity index (χ2v) is 5.50. The minimum atomic E-state index is 0.923. The summed E-state index contributed by atoms with van der Waals surface area (Å²) in [6, 6.07) is 8.61. The number of benzene rings is 1. The van der Waals surface area contributed by atoms with Crippen LogP contribution in [0, 0.1) is 6.92 Å². The van der Waals surface area contributed by atoms with Crippen LogP contribution >= 0.6 is 0 Å². The molecule has 0 fully saturated rings. The summed E-state index contributed by atoms with van der Waals surface area (Å²) in [6.07, 6.45) is 3.15. The first kappa shape index (κ1) is 15.8. The molecule has 0 unspecified atom stereocenters. The Balaban J connectivity index is 2.39. The molecule has 2 aromatic rings. The van der Waals surface area contributed by atoms with Crippen molar-refractivity contribution in [3.8, 4) is 5.69 Å².